The summed E-state index contributed by atoms with van der Waals surface area (Å²) in [6.45, 7) is 7.97. The van der Waals surface area contributed by atoms with Crippen LogP contribution in [0.1, 0.15) is 69.4 Å². The normalized spacial score (nSPS) is 18.6. The molecule has 1 aliphatic rings. The lowest BCUT2D eigenvalue weighted by Crippen LogP contribution is -2.41. The minimum atomic E-state index is -0.896. The van der Waals surface area contributed by atoms with E-state index in [4.69, 9.17) is 4.74 Å². The quantitative estimate of drug-likeness (QED) is 0.588. The second-order valence-corrected chi connectivity index (χ2v) is 8.31. The average Bonchev–Trinajstić information content (AvgIpc) is 3.02. The Bertz CT molecular complexity index is 707. The molecule has 0 amide bonds. The van der Waals surface area contributed by atoms with Crippen LogP contribution in [0.5, 0.6) is 5.75 Å². The van der Waals surface area contributed by atoms with Gasteiger partial charge in [-0.2, -0.15) is 0 Å². The van der Waals surface area contributed by atoms with Gasteiger partial charge >= 0.3 is 0 Å². The van der Waals surface area contributed by atoms with Crippen LogP contribution in [0, 0.1) is 0 Å². The SMILES string of the molecule is CCC[C@@](O)(c1ccc(OCC)cc1)[C@H](CN1CCCCCC1)c1ccccc1. The van der Waals surface area contributed by atoms with Crippen LogP contribution in [0.4, 0.5) is 0 Å². The van der Waals surface area contributed by atoms with Crippen LogP contribution in [0.25, 0.3) is 0 Å². The molecule has 0 bridgehead atoms. The lowest BCUT2D eigenvalue weighted by atomic mass is 9.74. The van der Waals surface area contributed by atoms with Gasteiger partial charge in [0.25, 0.3) is 0 Å². The van der Waals surface area contributed by atoms with Gasteiger partial charge in [0.15, 0.2) is 0 Å². The molecule has 0 radical (unpaired) electrons. The van der Waals surface area contributed by atoms with Crippen molar-refractivity contribution in [3.8, 4) is 5.75 Å². The lowest BCUT2D eigenvalue weighted by Gasteiger charge is -2.40. The first-order valence-corrected chi connectivity index (χ1v) is 11.4. The summed E-state index contributed by atoms with van der Waals surface area (Å²) in [4.78, 5) is 2.57. The highest BCUT2D eigenvalue weighted by Gasteiger charge is 2.39. The van der Waals surface area contributed by atoms with E-state index in [0.29, 0.717) is 6.61 Å². The molecule has 0 aliphatic carbocycles. The Morgan fingerprint density at radius 1 is 0.931 bits per heavy atom. The number of aliphatic hydroxyl groups is 1. The van der Waals surface area contributed by atoms with Gasteiger partial charge in [0.2, 0.25) is 0 Å². The number of nitrogens with zero attached hydrogens (tertiary/aromatic N) is 1. The first kappa shape index (κ1) is 21.9. The highest BCUT2D eigenvalue weighted by Crippen LogP contribution is 2.42. The summed E-state index contributed by atoms with van der Waals surface area (Å²) in [6.07, 6.45) is 6.85. The second-order valence-electron chi connectivity index (χ2n) is 8.31. The molecule has 158 valence electrons. The van der Waals surface area contributed by atoms with Crippen molar-refractivity contribution in [2.75, 3.05) is 26.2 Å². The van der Waals surface area contributed by atoms with Crippen LogP contribution in [0.3, 0.4) is 0 Å². The summed E-state index contributed by atoms with van der Waals surface area (Å²) in [7, 11) is 0. The van der Waals surface area contributed by atoms with Gasteiger partial charge in [-0.15, -0.1) is 0 Å². The minimum Gasteiger partial charge on any atom is -0.494 e. The molecule has 29 heavy (non-hydrogen) atoms. The molecule has 1 heterocycles. The van der Waals surface area contributed by atoms with Crippen molar-refractivity contribution in [1.82, 2.24) is 4.90 Å². The molecule has 1 saturated heterocycles. The molecule has 1 aliphatic heterocycles. The zero-order valence-corrected chi connectivity index (χ0v) is 18.1. The zero-order chi connectivity index (χ0) is 20.5. The molecule has 0 unspecified atom stereocenters. The number of ether oxygens (including phenoxy) is 1. The molecule has 3 rings (SSSR count). The number of benzene rings is 2. The van der Waals surface area contributed by atoms with Crippen LogP contribution in [0.2, 0.25) is 0 Å². The van der Waals surface area contributed by atoms with Crippen molar-refractivity contribution in [2.24, 2.45) is 0 Å². The maximum absolute atomic E-state index is 12.2. The molecule has 0 saturated carbocycles. The predicted molar refractivity (Wildman–Crippen MR) is 121 cm³/mol. The van der Waals surface area contributed by atoms with Gasteiger partial charge in [0.05, 0.1) is 12.2 Å². The fraction of sp³-hybridized carbons (Fsp3) is 0.538. The Labute approximate surface area is 176 Å². The predicted octanol–water partition coefficient (Wildman–Crippen LogP) is 5.73. The summed E-state index contributed by atoms with van der Waals surface area (Å²) in [5.41, 5.74) is 1.32. The maximum atomic E-state index is 12.2. The van der Waals surface area contributed by atoms with E-state index in [2.05, 4.69) is 54.3 Å². The van der Waals surface area contributed by atoms with E-state index in [0.717, 1.165) is 43.8 Å². The molecule has 1 fully saturated rings. The summed E-state index contributed by atoms with van der Waals surface area (Å²) < 4.78 is 5.62. The third-order valence-electron chi connectivity index (χ3n) is 6.21. The smallest absolute Gasteiger partial charge is 0.119 e. The van der Waals surface area contributed by atoms with Gasteiger partial charge in [-0.3, -0.25) is 0 Å². The summed E-state index contributed by atoms with van der Waals surface area (Å²) in [6, 6.07) is 18.7. The third kappa shape index (κ3) is 5.61. The van der Waals surface area contributed by atoms with Crippen molar-refractivity contribution < 1.29 is 9.84 Å². The molecular formula is C26H37NO2. The van der Waals surface area contributed by atoms with Gasteiger partial charge in [-0.1, -0.05) is 68.7 Å². The molecule has 0 aromatic heterocycles. The van der Waals surface area contributed by atoms with Crippen molar-refractivity contribution in [3.05, 3.63) is 65.7 Å². The number of likely N-dealkylation sites (tertiary alicyclic amines) is 1. The number of hydrogen-bond donors (Lipinski definition) is 1. The van der Waals surface area contributed by atoms with E-state index in [9.17, 15) is 5.11 Å². The fourth-order valence-electron chi connectivity index (χ4n) is 4.70. The minimum absolute atomic E-state index is 0.0414. The highest BCUT2D eigenvalue weighted by atomic mass is 16.5. The fourth-order valence-corrected chi connectivity index (χ4v) is 4.70. The molecule has 3 heteroatoms. The molecular weight excluding hydrogens is 358 g/mol. The average molecular weight is 396 g/mol. The van der Waals surface area contributed by atoms with Gasteiger partial charge in [-0.25, -0.2) is 0 Å². The molecule has 0 spiro atoms. The van der Waals surface area contributed by atoms with Gasteiger partial charge < -0.3 is 14.7 Å². The third-order valence-corrected chi connectivity index (χ3v) is 6.21. The Morgan fingerprint density at radius 3 is 2.17 bits per heavy atom. The molecule has 3 nitrogen and oxygen atoms in total. The number of hydrogen-bond acceptors (Lipinski definition) is 3. The van der Waals surface area contributed by atoms with E-state index >= 15 is 0 Å². The Kier molecular flexibility index (Phi) is 8.14. The lowest BCUT2D eigenvalue weighted by molar-refractivity contribution is -0.0134. The first-order valence-electron chi connectivity index (χ1n) is 11.4. The van der Waals surface area contributed by atoms with E-state index < -0.39 is 5.60 Å². The van der Waals surface area contributed by atoms with Crippen LogP contribution >= 0.6 is 0 Å². The van der Waals surface area contributed by atoms with E-state index in [-0.39, 0.29) is 5.92 Å². The Hall–Kier alpha value is -1.84. The van der Waals surface area contributed by atoms with Crippen molar-refractivity contribution in [1.29, 1.82) is 0 Å². The van der Waals surface area contributed by atoms with Crippen LogP contribution < -0.4 is 4.74 Å². The monoisotopic (exact) mass is 395 g/mol. The standard InChI is InChI=1S/C26H37NO2/c1-3-18-26(28,23-14-16-24(17-15-23)29-4-2)25(22-12-8-7-9-13-22)21-27-19-10-5-6-11-20-27/h7-9,12-17,25,28H,3-6,10-11,18-21H2,1-2H3/t25-,26-/m1/s1. The molecule has 2 aromatic rings. The van der Waals surface area contributed by atoms with Crippen LogP contribution in [-0.2, 0) is 5.60 Å². The van der Waals surface area contributed by atoms with Crippen molar-refractivity contribution >= 4 is 0 Å². The van der Waals surface area contributed by atoms with Gasteiger partial charge in [0.1, 0.15) is 5.75 Å². The number of rotatable bonds is 9. The van der Waals surface area contributed by atoms with Crippen LogP contribution in [-0.4, -0.2) is 36.2 Å². The van der Waals surface area contributed by atoms with E-state index in [1.807, 2.05) is 19.1 Å². The van der Waals surface area contributed by atoms with Gasteiger partial charge in [-0.05, 0) is 62.5 Å². The summed E-state index contributed by atoms with van der Waals surface area (Å²) in [5.74, 6) is 0.901. The molecule has 1 N–H and O–H groups in total. The van der Waals surface area contributed by atoms with Crippen molar-refractivity contribution in [3.63, 3.8) is 0 Å². The summed E-state index contributed by atoms with van der Waals surface area (Å²) >= 11 is 0. The Balaban J connectivity index is 1.96. The van der Waals surface area contributed by atoms with E-state index in [1.54, 1.807) is 0 Å². The topological polar surface area (TPSA) is 32.7 Å². The molecule has 2 atom stereocenters. The Morgan fingerprint density at radius 2 is 1.59 bits per heavy atom. The highest BCUT2D eigenvalue weighted by molar-refractivity contribution is 5.35. The summed E-state index contributed by atoms with van der Waals surface area (Å²) in [5, 5.41) is 12.2. The second kappa shape index (κ2) is 10.8. The van der Waals surface area contributed by atoms with Crippen LogP contribution in [0.15, 0.2) is 54.6 Å². The largest absolute Gasteiger partial charge is 0.494 e. The molecule has 2 aromatic carbocycles. The zero-order valence-electron chi connectivity index (χ0n) is 18.1. The van der Waals surface area contributed by atoms with Gasteiger partial charge in [0, 0.05) is 12.5 Å². The maximum Gasteiger partial charge on any atom is 0.119 e. The van der Waals surface area contributed by atoms with Crippen molar-refractivity contribution in [2.45, 2.75) is 63.9 Å². The first-order chi connectivity index (χ1) is 14.2. The van der Waals surface area contributed by atoms with E-state index in [1.165, 1.54) is 31.2 Å².